The summed E-state index contributed by atoms with van der Waals surface area (Å²) in [4.78, 5) is 6.65. The van der Waals surface area contributed by atoms with Crippen LogP contribution in [0.15, 0.2) is 16.6 Å². The summed E-state index contributed by atoms with van der Waals surface area (Å²) in [6.07, 6.45) is 5.86. The van der Waals surface area contributed by atoms with Crippen molar-refractivity contribution in [2.24, 2.45) is 10.7 Å². The summed E-state index contributed by atoms with van der Waals surface area (Å²) >= 11 is 0. The van der Waals surface area contributed by atoms with Crippen LogP contribution in [0.3, 0.4) is 0 Å². The number of nitrogens with two attached hydrogens (primary N) is 1. The molecule has 15 heavy (non-hydrogen) atoms. The summed E-state index contributed by atoms with van der Waals surface area (Å²) in [5, 5.41) is 3.19. The van der Waals surface area contributed by atoms with Crippen molar-refractivity contribution in [1.29, 1.82) is 0 Å². The summed E-state index contributed by atoms with van der Waals surface area (Å²) in [7, 11) is 2.14. The Bertz CT molecular complexity index is 278. The van der Waals surface area contributed by atoms with Gasteiger partial charge in [0.25, 0.3) is 0 Å². The molecule has 0 aromatic heterocycles. The van der Waals surface area contributed by atoms with Crippen LogP contribution in [0, 0.1) is 0 Å². The minimum atomic E-state index is 0.597. The van der Waals surface area contributed by atoms with Crippen LogP contribution in [0.2, 0.25) is 0 Å². The molecule has 0 aromatic carbocycles. The predicted molar refractivity (Wildman–Crippen MR) is 62.8 cm³/mol. The molecule has 84 valence electrons. The maximum absolute atomic E-state index is 5.76. The van der Waals surface area contributed by atoms with Gasteiger partial charge in [-0.1, -0.05) is 11.6 Å². The van der Waals surface area contributed by atoms with Crippen molar-refractivity contribution in [1.82, 2.24) is 10.2 Å². The number of rotatable bonds is 3. The highest BCUT2D eigenvalue weighted by atomic mass is 15.1. The van der Waals surface area contributed by atoms with Crippen molar-refractivity contribution in [2.75, 3.05) is 26.7 Å². The molecule has 0 spiro atoms. The predicted octanol–water partition coefficient (Wildman–Crippen LogP) is 0.315. The number of guanidine groups is 1. The van der Waals surface area contributed by atoms with E-state index in [1.54, 1.807) is 0 Å². The molecule has 2 aliphatic rings. The summed E-state index contributed by atoms with van der Waals surface area (Å²) in [5.41, 5.74) is 7.17. The third kappa shape index (κ3) is 3.55. The highest BCUT2D eigenvalue weighted by molar-refractivity contribution is 5.78. The zero-order valence-corrected chi connectivity index (χ0v) is 9.37. The van der Waals surface area contributed by atoms with E-state index < -0.39 is 0 Å². The van der Waals surface area contributed by atoms with Crippen molar-refractivity contribution >= 4 is 5.96 Å². The van der Waals surface area contributed by atoms with Crippen molar-refractivity contribution < 1.29 is 0 Å². The second-order valence-electron chi connectivity index (χ2n) is 4.49. The average molecular weight is 208 g/mol. The Hall–Kier alpha value is -1.03. The first-order chi connectivity index (χ1) is 7.24. The molecule has 1 aliphatic carbocycles. The molecular weight excluding hydrogens is 188 g/mol. The number of nitrogens with zero attached hydrogens (tertiary/aromatic N) is 2. The minimum Gasteiger partial charge on any atom is -0.370 e. The average Bonchev–Trinajstić information content (AvgIpc) is 3.01. The molecule has 0 amide bonds. The quantitative estimate of drug-likeness (QED) is 0.399. The first-order valence-electron chi connectivity index (χ1n) is 5.67. The first-order valence-corrected chi connectivity index (χ1v) is 5.67. The zero-order valence-electron chi connectivity index (χ0n) is 9.37. The molecule has 0 aromatic rings. The lowest BCUT2D eigenvalue weighted by molar-refractivity contribution is 0.358. The Labute approximate surface area is 91.2 Å². The molecule has 0 saturated heterocycles. The second kappa shape index (κ2) is 4.66. The summed E-state index contributed by atoms with van der Waals surface area (Å²) < 4.78 is 0. The van der Waals surface area contributed by atoms with Gasteiger partial charge in [0.1, 0.15) is 0 Å². The van der Waals surface area contributed by atoms with Crippen LogP contribution in [0.4, 0.5) is 0 Å². The van der Waals surface area contributed by atoms with Crippen molar-refractivity contribution in [2.45, 2.75) is 25.3 Å². The molecular formula is C11H20N4. The number of hydrogen-bond acceptors (Lipinski definition) is 2. The molecule has 0 unspecified atom stereocenters. The Kier molecular flexibility index (Phi) is 3.26. The second-order valence-corrected chi connectivity index (χ2v) is 4.49. The van der Waals surface area contributed by atoms with Crippen LogP contribution >= 0.6 is 0 Å². The van der Waals surface area contributed by atoms with E-state index in [-0.39, 0.29) is 0 Å². The van der Waals surface area contributed by atoms with Crippen molar-refractivity contribution in [3.05, 3.63) is 11.6 Å². The number of nitrogens with one attached hydrogen (secondary N) is 1. The zero-order chi connectivity index (χ0) is 10.7. The molecule has 0 atom stereocenters. The monoisotopic (exact) mass is 208 g/mol. The molecule has 1 fully saturated rings. The fourth-order valence-corrected chi connectivity index (χ4v) is 1.63. The van der Waals surface area contributed by atoms with Gasteiger partial charge >= 0.3 is 0 Å². The van der Waals surface area contributed by atoms with Gasteiger partial charge in [-0.25, -0.2) is 4.99 Å². The van der Waals surface area contributed by atoms with Gasteiger partial charge in [-0.2, -0.15) is 0 Å². The Morgan fingerprint density at radius 3 is 3.07 bits per heavy atom. The van der Waals surface area contributed by atoms with Gasteiger partial charge in [-0.15, -0.1) is 0 Å². The van der Waals surface area contributed by atoms with Gasteiger partial charge in [-0.05, 0) is 26.3 Å². The van der Waals surface area contributed by atoms with E-state index in [0.29, 0.717) is 12.0 Å². The maximum Gasteiger partial charge on any atom is 0.189 e. The van der Waals surface area contributed by atoms with Crippen LogP contribution in [-0.4, -0.2) is 43.6 Å². The molecule has 1 aliphatic heterocycles. The molecule has 0 radical (unpaired) electrons. The summed E-state index contributed by atoms with van der Waals surface area (Å²) in [5.74, 6) is 0.609. The van der Waals surface area contributed by atoms with Crippen LogP contribution in [-0.2, 0) is 0 Å². The Balaban J connectivity index is 1.75. The van der Waals surface area contributed by atoms with E-state index in [2.05, 4.69) is 28.3 Å². The van der Waals surface area contributed by atoms with E-state index in [4.69, 9.17) is 5.73 Å². The number of aliphatic imine (C=N–C) groups is 1. The largest absolute Gasteiger partial charge is 0.370 e. The molecule has 3 N–H and O–H groups in total. The van der Waals surface area contributed by atoms with Crippen molar-refractivity contribution in [3.63, 3.8) is 0 Å². The van der Waals surface area contributed by atoms with Gasteiger partial charge in [0.15, 0.2) is 5.96 Å². The highest BCUT2D eigenvalue weighted by Crippen LogP contribution is 2.18. The van der Waals surface area contributed by atoms with Crippen LogP contribution in [0.1, 0.15) is 19.3 Å². The van der Waals surface area contributed by atoms with E-state index in [1.807, 2.05) is 0 Å². The lowest BCUT2D eigenvalue weighted by Gasteiger charge is -2.21. The fourth-order valence-electron chi connectivity index (χ4n) is 1.63. The Morgan fingerprint density at radius 1 is 1.67 bits per heavy atom. The third-order valence-electron chi connectivity index (χ3n) is 2.89. The molecule has 2 rings (SSSR count). The van der Waals surface area contributed by atoms with E-state index in [9.17, 15) is 0 Å². The highest BCUT2D eigenvalue weighted by Gasteiger charge is 2.21. The van der Waals surface area contributed by atoms with Gasteiger partial charge in [0.2, 0.25) is 0 Å². The Morgan fingerprint density at radius 2 is 2.47 bits per heavy atom. The topological polar surface area (TPSA) is 53.6 Å². The van der Waals surface area contributed by atoms with Gasteiger partial charge in [0, 0.05) is 19.1 Å². The SMILES string of the molecule is CN1CC=C(CN=C(N)NC2CC2)CC1. The molecule has 1 saturated carbocycles. The minimum absolute atomic E-state index is 0.597. The molecule has 4 nitrogen and oxygen atoms in total. The van der Waals surface area contributed by atoms with E-state index in [1.165, 1.54) is 18.4 Å². The number of hydrogen-bond donors (Lipinski definition) is 2. The van der Waals surface area contributed by atoms with Crippen LogP contribution in [0.25, 0.3) is 0 Å². The van der Waals surface area contributed by atoms with Crippen LogP contribution in [0.5, 0.6) is 0 Å². The van der Waals surface area contributed by atoms with E-state index >= 15 is 0 Å². The van der Waals surface area contributed by atoms with Crippen LogP contribution < -0.4 is 11.1 Å². The van der Waals surface area contributed by atoms with Gasteiger partial charge in [-0.3, -0.25) is 0 Å². The fraction of sp³-hybridized carbons (Fsp3) is 0.727. The lowest BCUT2D eigenvalue weighted by Crippen LogP contribution is -2.33. The maximum atomic E-state index is 5.76. The number of likely N-dealkylation sites (N-methyl/N-ethyl adjacent to an activating group) is 1. The van der Waals surface area contributed by atoms with Gasteiger partial charge in [0.05, 0.1) is 6.54 Å². The molecule has 1 heterocycles. The molecule has 4 heteroatoms. The standard InChI is InChI=1S/C11H20N4/c1-15-6-4-9(5-7-15)8-13-11(12)14-10-2-3-10/h4,10H,2-3,5-8H2,1H3,(H3,12,13,14). The third-order valence-corrected chi connectivity index (χ3v) is 2.89. The van der Waals surface area contributed by atoms with E-state index in [0.717, 1.165) is 26.1 Å². The first kappa shape index (κ1) is 10.5. The smallest absolute Gasteiger partial charge is 0.189 e. The normalized spacial score (nSPS) is 23.8. The summed E-state index contributed by atoms with van der Waals surface area (Å²) in [6.45, 7) is 2.94. The van der Waals surface area contributed by atoms with Crippen molar-refractivity contribution in [3.8, 4) is 0 Å². The lowest BCUT2D eigenvalue weighted by atomic mass is 10.1. The molecule has 0 bridgehead atoms. The van der Waals surface area contributed by atoms with Gasteiger partial charge < -0.3 is 16.0 Å². The summed E-state index contributed by atoms with van der Waals surface area (Å²) in [6, 6.07) is 0.597.